The van der Waals surface area contributed by atoms with Crippen LogP contribution in [0, 0.1) is 0 Å². The van der Waals surface area contributed by atoms with Crippen molar-refractivity contribution in [1.29, 1.82) is 0 Å². The maximum atomic E-state index is 13.4. The first-order chi connectivity index (χ1) is 18.4. The van der Waals surface area contributed by atoms with Gasteiger partial charge in [0.15, 0.2) is 11.9 Å². The Morgan fingerprint density at radius 3 is 2.41 bits per heavy atom. The first kappa shape index (κ1) is 29.4. The second-order valence-corrected chi connectivity index (χ2v) is 12.8. The van der Waals surface area contributed by atoms with Crippen molar-refractivity contribution in [3.8, 4) is 5.75 Å². The Hall–Kier alpha value is -2.62. The van der Waals surface area contributed by atoms with Gasteiger partial charge >= 0.3 is 0 Å². The van der Waals surface area contributed by atoms with Crippen LogP contribution in [0.2, 0.25) is 20.1 Å². The summed E-state index contributed by atoms with van der Waals surface area (Å²) in [6.45, 7) is 0.0581. The fourth-order valence-corrected chi connectivity index (χ4v) is 5.86. The van der Waals surface area contributed by atoms with Crippen molar-refractivity contribution in [2.75, 3.05) is 18.6 Å². The van der Waals surface area contributed by atoms with Crippen molar-refractivity contribution < 1.29 is 22.7 Å². The van der Waals surface area contributed by atoms with Crippen LogP contribution in [0.5, 0.6) is 5.75 Å². The lowest BCUT2D eigenvalue weighted by molar-refractivity contribution is -0.120. The number of Topliss-reactive ketones (excluding diaryl/α,β-unsaturated/α-hetero) is 1. The Labute approximate surface area is 246 Å². The number of amides is 1. The molecule has 0 fully saturated rings. The topological polar surface area (TPSA) is 102 Å². The van der Waals surface area contributed by atoms with Gasteiger partial charge in [-0.15, -0.1) is 0 Å². The SMILES string of the molecule is CS(=O)(=O)CCCOc1ccc(Cl)cc1C(=O)NC1N=C(c2c(Cl)cc(Cl)cc2Cl)c2ccccc2CC1=O. The van der Waals surface area contributed by atoms with E-state index in [1.807, 2.05) is 0 Å². The quantitative estimate of drug-likeness (QED) is 0.317. The number of hydrogen-bond acceptors (Lipinski definition) is 6. The van der Waals surface area contributed by atoms with Gasteiger partial charge in [-0.3, -0.25) is 14.6 Å². The van der Waals surface area contributed by atoms with Crippen molar-refractivity contribution in [3.63, 3.8) is 0 Å². The van der Waals surface area contributed by atoms with Crippen molar-refractivity contribution in [3.05, 3.63) is 96.9 Å². The van der Waals surface area contributed by atoms with Gasteiger partial charge in [-0.25, -0.2) is 8.42 Å². The third-order valence-electron chi connectivity index (χ3n) is 5.82. The molecule has 12 heteroatoms. The molecule has 4 rings (SSSR count). The number of nitrogens with one attached hydrogen (secondary N) is 1. The maximum Gasteiger partial charge on any atom is 0.257 e. The molecule has 0 bridgehead atoms. The lowest BCUT2D eigenvalue weighted by Gasteiger charge is -2.17. The fourth-order valence-electron chi connectivity index (χ4n) is 4.05. The van der Waals surface area contributed by atoms with E-state index in [1.54, 1.807) is 30.3 Å². The number of rotatable bonds is 8. The second kappa shape index (κ2) is 12.3. The number of carbonyl (C=O) groups is 2. The highest BCUT2D eigenvalue weighted by atomic mass is 35.5. The molecule has 0 saturated carbocycles. The molecular formula is C27H22Cl4N2O5S. The average molecular weight is 628 g/mol. The number of ketones is 1. The van der Waals surface area contributed by atoms with Crippen LogP contribution < -0.4 is 10.1 Å². The molecule has 0 aliphatic carbocycles. The predicted octanol–water partition coefficient (Wildman–Crippen LogP) is 5.83. The lowest BCUT2D eigenvalue weighted by atomic mass is 9.96. The van der Waals surface area contributed by atoms with E-state index in [9.17, 15) is 18.0 Å². The number of carbonyl (C=O) groups excluding carboxylic acids is 2. The van der Waals surface area contributed by atoms with E-state index in [0.29, 0.717) is 27.4 Å². The highest BCUT2D eigenvalue weighted by Crippen LogP contribution is 2.33. The van der Waals surface area contributed by atoms with E-state index >= 15 is 0 Å². The normalized spacial score (nSPS) is 15.3. The van der Waals surface area contributed by atoms with E-state index in [0.717, 1.165) is 6.26 Å². The van der Waals surface area contributed by atoms with Crippen LogP contribution in [0.3, 0.4) is 0 Å². The number of halogens is 4. The smallest absolute Gasteiger partial charge is 0.257 e. The molecular weight excluding hydrogens is 606 g/mol. The lowest BCUT2D eigenvalue weighted by Crippen LogP contribution is -2.40. The van der Waals surface area contributed by atoms with E-state index in [1.165, 1.54) is 24.3 Å². The number of ether oxygens (including phenoxy) is 1. The molecule has 1 amide bonds. The summed E-state index contributed by atoms with van der Waals surface area (Å²) in [5.41, 5.74) is 2.11. The zero-order valence-electron chi connectivity index (χ0n) is 20.5. The summed E-state index contributed by atoms with van der Waals surface area (Å²) in [6, 6.07) is 14.7. The van der Waals surface area contributed by atoms with E-state index < -0.39 is 21.9 Å². The number of aliphatic imine (C=N–C) groups is 1. The monoisotopic (exact) mass is 626 g/mol. The molecule has 7 nitrogen and oxygen atoms in total. The molecule has 1 N–H and O–H groups in total. The van der Waals surface area contributed by atoms with Gasteiger partial charge in [0.05, 0.1) is 33.7 Å². The molecule has 1 aliphatic heterocycles. The molecule has 1 aliphatic rings. The van der Waals surface area contributed by atoms with Crippen LogP contribution in [0.15, 0.2) is 59.6 Å². The molecule has 0 aromatic heterocycles. The Bertz CT molecular complexity index is 1570. The van der Waals surface area contributed by atoms with Crippen LogP contribution in [-0.2, 0) is 21.1 Å². The van der Waals surface area contributed by atoms with Gasteiger partial charge in [0, 0.05) is 33.8 Å². The fraction of sp³-hybridized carbons (Fsp3) is 0.222. The first-order valence-corrected chi connectivity index (χ1v) is 15.2. The molecule has 0 spiro atoms. The Kier molecular flexibility index (Phi) is 9.24. The number of nitrogens with zero attached hydrogens (tertiary/aromatic N) is 1. The van der Waals surface area contributed by atoms with Gasteiger partial charge in [-0.05, 0) is 42.3 Å². The van der Waals surface area contributed by atoms with Gasteiger partial charge in [-0.1, -0.05) is 70.7 Å². The molecule has 1 atom stereocenters. The number of hydrogen-bond donors (Lipinski definition) is 1. The summed E-state index contributed by atoms with van der Waals surface area (Å²) in [6.07, 6.45) is 0.0919. The van der Waals surface area contributed by atoms with Gasteiger partial charge in [0.2, 0.25) is 0 Å². The third kappa shape index (κ3) is 7.32. The number of benzene rings is 3. The standard InChI is InChI=1S/C27H22Cl4N2O5S/c1-39(36,37)10-4-9-38-23-8-7-16(28)12-19(23)27(35)33-26-22(34)11-15-5-2-3-6-18(15)25(32-26)24-20(30)13-17(29)14-21(24)31/h2-3,5-8,12-14,26H,4,9-11H2,1H3,(H,33,35). The van der Waals surface area contributed by atoms with Crippen LogP contribution in [0.1, 0.15) is 33.5 Å². The van der Waals surface area contributed by atoms with Crippen LogP contribution in [0.25, 0.3) is 0 Å². The Balaban J connectivity index is 1.68. The first-order valence-electron chi connectivity index (χ1n) is 11.7. The summed E-state index contributed by atoms with van der Waals surface area (Å²) in [5.74, 6) is -0.893. The van der Waals surface area contributed by atoms with E-state index in [2.05, 4.69) is 10.3 Å². The number of fused-ring (bicyclic) bond motifs is 1. The van der Waals surface area contributed by atoms with Crippen LogP contribution in [-0.4, -0.2) is 50.6 Å². The largest absolute Gasteiger partial charge is 0.493 e. The highest BCUT2D eigenvalue weighted by Gasteiger charge is 2.30. The minimum Gasteiger partial charge on any atom is -0.493 e. The van der Waals surface area contributed by atoms with Crippen LogP contribution in [0.4, 0.5) is 0 Å². The molecule has 3 aromatic rings. The minimum absolute atomic E-state index is 0.00133. The van der Waals surface area contributed by atoms with E-state index in [-0.39, 0.29) is 57.4 Å². The summed E-state index contributed by atoms with van der Waals surface area (Å²) < 4.78 is 28.5. The van der Waals surface area contributed by atoms with Crippen molar-refractivity contribution in [1.82, 2.24) is 5.32 Å². The van der Waals surface area contributed by atoms with Gasteiger partial charge in [-0.2, -0.15) is 0 Å². The minimum atomic E-state index is -3.16. The second-order valence-electron chi connectivity index (χ2n) is 8.87. The molecule has 0 radical (unpaired) electrons. The van der Waals surface area contributed by atoms with E-state index in [4.69, 9.17) is 51.1 Å². The highest BCUT2D eigenvalue weighted by molar-refractivity contribution is 7.90. The Morgan fingerprint density at radius 2 is 1.72 bits per heavy atom. The molecule has 39 heavy (non-hydrogen) atoms. The maximum absolute atomic E-state index is 13.4. The molecule has 0 saturated heterocycles. The van der Waals surface area contributed by atoms with Crippen molar-refractivity contribution in [2.45, 2.75) is 19.0 Å². The van der Waals surface area contributed by atoms with Gasteiger partial charge in [0.1, 0.15) is 15.6 Å². The molecule has 3 aromatic carbocycles. The molecule has 204 valence electrons. The Morgan fingerprint density at radius 1 is 1.03 bits per heavy atom. The average Bonchev–Trinajstić information content (AvgIpc) is 2.97. The summed E-state index contributed by atoms with van der Waals surface area (Å²) in [5, 5.41) is 3.75. The van der Waals surface area contributed by atoms with Crippen molar-refractivity contribution >= 4 is 73.6 Å². The van der Waals surface area contributed by atoms with Crippen molar-refractivity contribution in [2.24, 2.45) is 4.99 Å². The predicted molar refractivity (Wildman–Crippen MR) is 155 cm³/mol. The molecule has 1 unspecified atom stereocenters. The van der Waals surface area contributed by atoms with Gasteiger partial charge in [0.25, 0.3) is 5.91 Å². The third-order valence-corrected chi connectivity index (χ3v) is 7.89. The van der Waals surface area contributed by atoms with Gasteiger partial charge < -0.3 is 10.1 Å². The molecule has 1 heterocycles. The zero-order chi connectivity index (χ0) is 28.3. The summed E-state index contributed by atoms with van der Waals surface area (Å²) in [7, 11) is -3.16. The summed E-state index contributed by atoms with van der Waals surface area (Å²) >= 11 is 25.3. The summed E-state index contributed by atoms with van der Waals surface area (Å²) in [4.78, 5) is 31.3. The van der Waals surface area contributed by atoms with Crippen LogP contribution >= 0.6 is 46.4 Å². The zero-order valence-corrected chi connectivity index (χ0v) is 24.4. The number of sulfone groups is 1.